The zero-order chi connectivity index (χ0) is 35.6. The van der Waals surface area contributed by atoms with Crippen molar-refractivity contribution in [2.45, 2.75) is 89.8 Å². The minimum absolute atomic E-state index is 0.00207. The maximum Gasteiger partial charge on any atom is 0.220 e. The molecule has 3 aliphatic rings. The van der Waals surface area contributed by atoms with Crippen molar-refractivity contribution in [1.29, 1.82) is 0 Å². The van der Waals surface area contributed by atoms with E-state index in [2.05, 4.69) is 64.9 Å². The van der Waals surface area contributed by atoms with Gasteiger partial charge in [0.2, 0.25) is 11.8 Å². The van der Waals surface area contributed by atoms with Gasteiger partial charge in [0.1, 0.15) is 0 Å². The van der Waals surface area contributed by atoms with Crippen molar-refractivity contribution in [1.82, 2.24) is 15.5 Å². The smallest absolute Gasteiger partial charge is 0.220 e. The Morgan fingerprint density at radius 3 is 2.29 bits per heavy atom. The van der Waals surface area contributed by atoms with Crippen molar-refractivity contribution in [2.75, 3.05) is 39.4 Å². The molecule has 0 aliphatic carbocycles. The molecule has 6 rings (SSSR count). The molecule has 0 radical (unpaired) electrons. The maximum absolute atomic E-state index is 12.5. The Hall–Kier alpha value is -3.64. The molecule has 2 amide bonds. The molecule has 3 heterocycles. The Balaban J connectivity index is 1.12. The van der Waals surface area contributed by atoms with Crippen molar-refractivity contribution < 1.29 is 33.6 Å². The molecule has 1 spiro atoms. The normalized spacial score (nSPS) is 23.3. The van der Waals surface area contributed by atoms with Gasteiger partial charge in [0, 0.05) is 70.4 Å². The average Bonchev–Trinajstić information content (AvgIpc) is 3.62. The number of hydrogen-bond donors (Lipinski definition) is 3. The zero-order valence-corrected chi connectivity index (χ0v) is 30.0. The van der Waals surface area contributed by atoms with Crippen LogP contribution in [-0.4, -0.2) is 73.1 Å². The fraction of sp³-hybridized carbons (Fsp3) is 0.512. The second-order valence-electron chi connectivity index (χ2n) is 14.1. The first kappa shape index (κ1) is 37.1. The highest BCUT2D eigenvalue weighted by Gasteiger charge is 2.43. The number of carbonyl (C=O) groups excluding carboxylic acids is 2. The van der Waals surface area contributed by atoms with E-state index in [-0.39, 0.29) is 36.5 Å². The predicted octanol–water partition coefficient (Wildman–Crippen LogP) is 5.79. The highest BCUT2D eigenvalue weighted by Crippen LogP contribution is 2.43. The number of hydrogen-bond acceptors (Lipinski definition) is 8. The SMILES string of the molecule is CC(=O)NCCCCCC(=O)NCc1cccc(-c2cccc([C@@H]3O[C@H](CN4CCC5(CC4)OCCO5)[C@H](C)[C@H](c4ccc(CO)cc4)O3)c2)c1. The number of carbonyl (C=O) groups is 2. The number of unbranched alkanes of at least 4 members (excludes halogenated alkanes) is 2. The third-order valence-electron chi connectivity index (χ3n) is 10.4. The minimum Gasteiger partial charge on any atom is -0.392 e. The maximum atomic E-state index is 12.5. The van der Waals surface area contributed by atoms with E-state index >= 15 is 0 Å². The van der Waals surface area contributed by atoms with Gasteiger partial charge in [0.15, 0.2) is 12.1 Å². The number of likely N-dealkylation sites (tertiary alicyclic amines) is 1. The molecule has 3 aromatic rings. The number of aliphatic hydroxyl groups is 1. The van der Waals surface area contributed by atoms with Crippen LogP contribution < -0.4 is 10.6 Å². The Morgan fingerprint density at radius 1 is 0.843 bits per heavy atom. The number of ether oxygens (including phenoxy) is 4. The predicted molar refractivity (Wildman–Crippen MR) is 194 cm³/mol. The Morgan fingerprint density at radius 2 is 1.57 bits per heavy atom. The number of rotatable bonds is 14. The van der Waals surface area contributed by atoms with Crippen LogP contribution in [0.2, 0.25) is 0 Å². The first-order valence-corrected chi connectivity index (χ1v) is 18.5. The molecule has 0 aromatic heterocycles. The highest BCUT2D eigenvalue weighted by molar-refractivity contribution is 5.76. The van der Waals surface area contributed by atoms with Crippen molar-refractivity contribution >= 4 is 11.8 Å². The van der Waals surface area contributed by atoms with Crippen molar-refractivity contribution in [2.24, 2.45) is 5.92 Å². The summed E-state index contributed by atoms with van der Waals surface area (Å²) in [6.07, 6.45) is 3.91. The number of benzene rings is 3. The molecule has 3 aliphatic heterocycles. The Labute approximate surface area is 301 Å². The zero-order valence-electron chi connectivity index (χ0n) is 30.0. The molecule has 3 fully saturated rings. The largest absolute Gasteiger partial charge is 0.392 e. The van der Waals surface area contributed by atoms with E-state index in [4.69, 9.17) is 18.9 Å². The fourth-order valence-corrected chi connectivity index (χ4v) is 7.31. The molecule has 10 nitrogen and oxygen atoms in total. The van der Waals surface area contributed by atoms with Gasteiger partial charge in [-0.2, -0.15) is 0 Å². The van der Waals surface area contributed by atoms with Gasteiger partial charge in [-0.1, -0.05) is 74.0 Å². The lowest BCUT2D eigenvalue weighted by molar-refractivity contribution is -0.278. The summed E-state index contributed by atoms with van der Waals surface area (Å²) < 4.78 is 25.5. The third-order valence-corrected chi connectivity index (χ3v) is 10.4. The summed E-state index contributed by atoms with van der Waals surface area (Å²) in [6.45, 7) is 8.72. The van der Waals surface area contributed by atoms with Gasteiger partial charge in [0.05, 0.1) is 32.0 Å². The van der Waals surface area contributed by atoms with Gasteiger partial charge in [-0.3, -0.25) is 9.59 Å². The minimum atomic E-state index is -0.563. The van der Waals surface area contributed by atoms with E-state index in [1.807, 2.05) is 30.3 Å². The van der Waals surface area contributed by atoms with Gasteiger partial charge in [-0.25, -0.2) is 0 Å². The molecule has 3 saturated heterocycles. The van der Waals surface area contributed by atoms with E-state index in [9.17, 15) is 14.7 Å². The molecule has 51 heavy (non-hydrogen) atoms. The van der Waals surface area contributed by atoms with Crippen molar-refractivity contribution in [3.8, 4) is 11.1 Å². The second-order valence-corrected chi connectivity index (χ2v) is 14.1. The lowest BCUT2D eigenvalue weighted by Crippen LogP contribution is -2.50. The number of aliphatic hydroxyl groups excluding tert-OH is 1. The van der Waals surface area contributed by atoms with Crippen LogP contribution in [0.3, 0.4) is 0 Å². The van der Waals surface area contributed by atoms with Crippen LogP contribution in [-0.2, 0) is 41.7 Å². The Bertz CT molecular complexity index is 1580. The monoisotopic (exact) mass is 699 g/mol. The molecule has 0 saturated carbocycles. The van der Waals surface area contributed by atoms with Crippen LogP contribution in [0.15, 0.2) is 72.8 Å². The number of piperidine rings is 1. The van der Waals surface area contributed by atoms with E-state index in [0.29, 0.717) is 32.7 Å². The molecule has 274 valence electrons. The molecular formula is C41H53N3O7. The summed E-state index contributed by atoms with van der Waals surface area (Å²) in [5, 5.41) is 15.5. The van der Waals surface area contributed by atoms with Crippen LogP contribution in [0, 0.1) is 5.92 Å². The van der Waals surface area contributed by atoms with Crippen LogP contribution in [0.25, 0.3) is 11.1 Å². The van der Waals surface area contributed by atoms with Crippen LogP contribution >= 0.6 is 0 Å². The summed E-state index contributed by atoms with van der Waals surface area (Å²) in [7, 11) is 0. The van der Waals surface area contributed by atoms with Crippen molar-refractivity contribution in [3.05, 3.63) is 95.1 Å². The highest BCUT2D eigenvalue weighted by atomic mass is 16.7. The number of nitrogens with one attached hydrogen (secondary N) is 2. The van der Waals surface area contributed by atoms with Gasteiger partial charge in [-0.15, -0.1) is 0 Å². The van der Waals surface area contributed by atoms with Crippen molar-refractivity contribution in [3.63, 3.8) is 0 Å². The molecular weight excluding hydrogens is 646 g/mol. The standard InChI is InChI=1S/C41H53N3O7/c1-29-37(27-44-20-17-41(18-21-44)48-22-23-49-41)50-40(51-39(29)33-15-13-31(28-45)14-16-33)36-11-7-10-35(25-36)34-9-6-8-32(24-34)26-43-38(47)12-4-3-5-19-42-30(2)46/h6-11,13-16,24-25,29,37,39-40,45H,3-5,12,17-23,26-28H2,1-2H3,(H,42,46)(H,43,47)/t29-,37+,39+,40+/m0/s1. The quantitative estimate of drug-likeness (QED) is 0.181. The lowest BCUT2D eigenvalue weighted by Gasteiger charge is -2.44. The van der Waals surface area contributed by atoms with Crippen LogP contribution in [0.4, 0.5) is 0 Å². The fourth-order valence-electron chi connectivity index (χ4n) is 7.31. The van der Waals surface area contributed by atoms with E-state index < -0.39 is 12.1 Å². The first-order valence-electron chi connectivity index (χ1n) is 18.5. The molecule has 3 N–H and O–H groups in total. The summed E-state index contributed by atoms with van der Waals surface area (Å²) in [6, 6.07) is 24.6. The van der Waals surface area contributed by atoms with Crippen LogP contribution in [0.5, 0.6) is 0 Å². The lowest BCUT2D eigenvalue weighted by atomic mass is 9.89. The third kappa shape index (κ3) is 10.0. The van der Waals surface area contributed by atoms with E-state index in [1.54, 1.807) is 0 Å². The van der Waals surface area contributed by atoms with Gasteiger partial charge < -0.3 is 39.6 Å². The van der Waals surface area contributed by atoms with Gasteiger partial charge in [-0.05, 0) is 52.8 Å². The molecule has 4 atom stereocenters. The van der Waals surface area contributed by atoms with Gasteiger partial charge in [0.25, 0.3) is 0 Å². The van der Waals surface area contributed by atoms with E-state index in [0.717, 1.165) is 85.1 Å². The topological polar surface area (TPSA) is 119 Å². The molecule has 3 aromatic carbocycles. The van der Waals surface area contributed by atoms with Crippen LogP contribution in [0.1, 0.15) is 87.0 Å². The Kier molecular flexibility index (Phi) is 12.9. The average molecular weight is 700 g/mol. The molecule has 0 unspecified atom stereocenters. The summed E-state index contributed by atoms with van der Waals surface area (Å²) in [4.78, 5) is 26.0. The molecule has 0 bridgehead atoms. The van der Waals surface area contributed by atoms with E-state index in [1.165, 1.54) is 6.92 Å². The second kappa shape index (κ2) is 17.7. The summed E-state index contributed by atoms with van der Waals surface area (Å²) in [5.74, 6) is -0.321. The summed E-state index contributed by atoms with van der Waals surface area (Å²) >= 11 is 0. The van der Waals surface area contributed by atoms with Gasteiger partial charge >= 0.3 is 0 Å². The summed E-state index contributed by atoms with van der Waals surface area (Å²) in [5.41, 5.74) is 6.01. The number of nitrogens with zero attached hydrogens (tertiary/aromatic N) is 1. The number of amides is 2. The first-order chi connectivity index (χ1) is 24.8. The molecule has 10 heteroatoms.